The molecule has 0 aromatic carbocycles. The van der Waals surface area contributed by atoms with Crippen molar-refractivity contribution in [2.45, 2.75) is 48.0 Å². The fourth-order valence-electron chi connectivity index (χ4n) is 2.10. The molecule has 0 radical (unpaired) electrons. The van der Waals surface area contributed by atoms with Gasteiger partial charge in [0, 0.05) is 19.6 Å². The van der Waals surface area contributed by atoms with Gasteiger partial charge in [0.2, 0.25) is 0 Å². The minimum Gasteiger partial charge on any atom is -0.330 e. The van der Waals surface area contributed by atoms with Gasteiger partial charge in [-0.3, -0.25) is 0 Å². The van der Waals surface area contributed by atoms with Crippen molar-refractivity contribution in [3.05, 3.63) is 0 Å². The van der Waals surface area contributed by atoms with Crippen molar-refractivity contribution in [1.82, 2.24) is 4.90 Å². The van der Waals surface area contributed by atoms with E-state index in [4.69, 9.17) is 5.73 Å². The molecule has 0 heterocycles. The second-order valence-electron chi connectivity index (χ2n) is 6.35. The number of nitrogens with zero attached hydrogens (tertiary/aromatic N) is 1. The Kier molecular flexibility index (Phi) is 7.25. The van der Waals surface area contributed by atoms with Crippen LogP contribution in [0.2, 0.25) is 0 Å². The molecule has 98 valence electrons. The van der Waals surface area contributed by atoms with Crippen molar-refractivity contribution >= 4 is 0 Å². The molecule has 0 aliphatic rings. The summed E-state index contributed by atoms with van der Waals surface area (Å²) in [5.41, 5.74) is 6.18. The molecule has 2 nitrogen and oxygen atoms in total. The Morgan fingerprint density at radius 2 is 1.50 bits per heavy atom. The topological polar surface area (TPSA) is 29.3 Å². The maximum Gasteiger partial charge on any atom is 0.00475 e. The van der Waals surface area contributed by atoms with Crippen LogP contribution in [0.25, 0.3) is 0 Å². The Morgan fingerprint density at radius 3 is 1.75 bits per heavy atom. The third kappa shape index (κ3) is 6.49. The molecule has 0 fully saturated rings. The number of rotatable bonds is 8. The van der Waals surface area contributed by atoms with Crippen molar-refractivity contribution in [2.75, 3.05) is 26.2 Å². The minimum absolute atomic E-state index is 0.282. The fraction of sp³-hybridized carbons (Fsp3) is 1.00. The van der Waals surface area contributed by atoms with E-state index in [0.717, 1.165) is 31.3 Å². The summed E-state index contributed by atoms with van der Waals surface area (Å²) in [7, 11) is 0. The molecule has 0 aliphatic heterocycles. The van der Waals surface area contributed by atoms with Crippen LogP contribution in [0.3, 0.4) is 0 Å². The highest BCUT2D eigenvalue weighted by atomic mass is 15.1. The van der Waals surface area contributed by atoms with Crippen LogP contribution in [0.5, 0.6) is 0 Å². The molecule has 16 heavy (non-hydrogen) atoms. The first-order valence-corrected chi connectivity index (χ1v) is 6.75. The van der Waals surface area contributed by atoms with E-state index in [2.05, 4.69) is 46.4 Å². The molecule has 2 heteroatoms. The Morgan fingerprint density at radius 1 is 1.06 bits per heavy atom. The lowest BCUT2D eigenvalue weighted by molar-refractivity contribution is 0.137. The predicted octanol–water partition coefficient (Wildman–Crippen LogP) is 2.98. The standard InChI is InChI=1S/C14H32N2/c1-7-14(6,10-15)11-16(8-12(2)3)9-13(4)5/h12-13H,7-11,15H2,1-6H3. The molecule has 0 bridgehead atoms. The van der Waals surface area contributed by atoms with E-state index in [1.807, 2.05) is 0 Å². The van der Waals surface area contributed by atoms with Gasteiger partial charge in [0.25, 0.3) is 0 Å². The van der Waals surface area contributed by atoms with Crippen molar-refractivity contribution in [2.24, 2.45) is 23.0 Å². The van der Waals surface area contributed by atoms with E-state index in [-0.39, 0.29) is 5.41 Å². The predicted molar refractivity (Wildman–Crippen MR) is 73.6 cm³/mol. The van der Waals surface area contributed by atoms with Gasteiger partial charge in [-0.1, -0.05) is 41.5 Å². The normalized spacial score (nSPS) is 16.1. The largest absolute Gasteiger partial charge is 0.330 e. The van der Waals surface area contributed by atoms with E-state index in [9.17, 15) is 0 Å². The first-order chi connectivity index (χ1) is 7.33. The average Bonchev–Trinajstić information content (AvgIpc) is 2.15. The summed E-state index contributed by atoms with van der Waals surface area (Å²) in [5.74, 6) is 1.47. The summed E-state index contributed by atoms with van der Waals surface area (Å²) >= 11 is 0. The monoisotopic (exact) mass is 228 g/mol. The van der Waals surface area contributed by atoms with E-state index < -0.39 is 0 Å². The minimum atomic E-state index is 0.282. The van der Waals surface area contributed by atoms with Crippen molar-refractivity contribution in [1.29, 1.82) is 0 Å². The number of hydrogen-bond donors (Lipinski definition) is 1. The molecule has 0 saturated carbocycles. The quantitative estimate of drug-likeness (QED) is 0.692. The van der Waals surface area contributed by atoms with Crippen LogP contribution in [0.1, 0.15) is 48.0 Å². The molecular weight excluding hydrogens is 196 g/mol. The van der Waals surface area contributed by atoms with Crippen LogP contribution >= 0.6 is 0 Å². The van der Waals surface area contributed by atoms with Crippen LogP contribution in [0.15, 0.2) is 0 Å². The van der Waals surface area contributed by atoms with Crippen LogP contribution in [-0.4, -0.2) is 31.1 Å². The summed E-state index contributed by atoms with van der Waals surface area (Å²) in [6.45, 7) is 18.0. The van der Waals surface area contributed by atoms with Crippen LogP contribution in [-0.2, 0) is 0 Å². The van der Waals surface area contributed by atoms with Crippen molar-refractivity contribution < 1.29 is 0 Å². The highest BCUT2D eigenvalue weighted by Gasteiger charge is 2.24. The summed E-state index contributed by atoms with van der Waals surface area (Å²) in [6.07, 6.45) is 1.16. The van der Waals surface area contributed by atoms with Gasteiger partial charge in [0.1, 0.15) is 0 Å². The van der Waals surface area contributed by atoms with E-state index in [1.54, 1.807) is 0 Å². The van der Waals surface area contributed by atoms with Gasteiger partial charge >= 0.3 is 0 Å². The Hall–Kier alpha value is -0.0800. The Bertz CT molecular complexity index is 162. The highest BCUT2D eigenvalue weighted by molar-refractivity contribution is 4.79. The maximum absolute atomic E-state index is 5.90. The lowest BCUT2D eigenvalue weighted by atomic mass is 9.86. The lowest BCUT2D eigenvalue weighted by Crippen LogP contribution is -2.43. The summed E-state index contributed by atoms with van der Waals surface area (Å²) in [5, 5.41) is 0. The zero-order valence-corrected chi connectivity index (χ0v) is 12.2. The van der Waals surface area contributed by atoms with Gasteiger partial charge < -0.3 is 10.6 Å². The van der Waals surface area contributed by atoms with Gasteiger partial charge in [-0.2, -0.15) is 0 Å². The number of hydrogen-bond acceptors (Lipinski definition) is 2. The first kappa shape index (κ1) is 15.9. The van der Waals surface area contributed by atoms with Crippen LogP contribution in [0, 0.1) is 17.3 Å². The van der Waals surface area contributed by atoms with Gasteiger partial charge in [0.15, 0.2) is 0 Å². The Labute approximate surface area is 103 Å². The summed E-state index contributed by atoms with van der Waals surface area (Å²) in [4.78, 5) is 2.59. The second-order valence-corrected chi connectivity index (χ2v) is 6.35. The van der Waals surface area contributed by atoms with E-state index in [0.29, 0.717) is 0 Å². The SMILES string of the molecule is CCC(C)(CN)CN(CC(C)C)CC(C)C. The van der Waals surface area contributed by atoms with Crippen LogP contribution < -0.4 is 5.73 Å². The maximum atomic E-state index is 5.90. The second kappa shape index (κ2) is 7.29. The van der Waals surface area contributed by atoms with E-state index in [1.165, 1.54) is 13.1 Å². The number of nitrogens with two attached hydrogens (primary N) is 1. The lowest BCUT2D eigenvalue weighted by Gasteiger charge is -2.35. The molecule has 2 N–H and O–H groups in total. The van der Waals surface area contributed by atoms with Crippen LogP contribution in [0.4, 0.5) is 0 Å². The molecule has 1 atom stereocenters. The van der Waals surface area contributed by atoms with Gasteiger partial charge in [0.05, 0.1) is 0 Å². The Balaban J connectivity index is 4.39. The molecule has 0 amide bonds. The first-order valence-electron chi connectivity index (χ1n) is 6.75. The molecule has 0 rings (SSSR count). The summed E-state index contributed by atoms with van der Waals surface area (Å²) < 4.78 is 0. The molecule has 0 spiro atoms. The fourth-order valence-corrected chi connectivity index (χ4v) is 2.10. The van der Waals surface area contributed by atoms with E-state index >= 15 is 0 Å². The zero-order chi connectivity index (χ0) is 12.8. The molecule has 0 saturated heterocycles. The summed E-state index contributed by atoms with van der Waals surface area (Å²) in [6, 6.07) is 0. The average molecular weight is 228 g/mol. The van der Waals surface area contributed by atoms with Crippen molar-refractivity contribution in [3.63, 3.8) is 0 Å². The van der Waals surface area contributed by atoms with Gasteiger partial charge in [-0.15, -0.1) is 0 Å². The van der Waals surface area contributed by atoms with Gasteiger partial charge in [-0.25, -0.2) is 0 Å². The van der Waals surface area contributed by atoms with Gasteiger partial charge in [-0.05, 0) is 30.2 Å². The molecule has 0 aromatic heterocycles. The highest BCUT2D eigenvalue weighted by Crippen LogP contribution is 2.22. The molecule has 1 unspecified atom stereocenters. The zero-order valence-electron chi connectivity index (χ0n) is 12.2. The molecular formula is C14H32N2. The smallest absolute Gasteiger partial charge is 0.00475 e. The third-order valence-corrected chi connectivity index (χ3v) is 3.20. The third-order valence-electron chi connectivity index (χ3n) is 3.20. The molecule has 0 aromatic rings. The molecule has 0 aliphatic carbocycles. The van der Waals surface area contributed by atoms with Crippen molar-refractivity contribution in [3.8, 4) is 0 Å².